The summed E-state index contributed by atoms with van der Waals surface area (Å²) in [5.41, 5.74) is 0.730. The summed E-state index contributed by atoms with van der Waals surface area (Å²) in [5.74, 6) is 2.47. The molecule has 24 heavy (non-hydrogen) atoms. The number of amides is 1. The Bertz CT molecular complexity index is 557. The molecule has 1 aromatic rings. The SMILES string of the molecule is COc1cccc(C(=O)N2CCC(N3C[C@@H](C)C[C@H](C)C3)CC2)c1. The highest BCUT2D eigenvalue weighted by atomic mass is 16.5. The quantitative estimate of drug-likeness (QED) is 0.853. The second-order valence-electron chi connectivity index (χ2n) is 7.66. The largest absolute Gasteiger partial charge is 0.497 e. The van der Waals surface area contributed by atoms with E-state index in [1.807, 2.05) is 29.2 Å². The summed E-state index contributed by atoms with van der Waals surface area (Å²) in [6, 6.07) is 8.12. The highest BCUT2D eigenvalue weighted by molar-refractivity contribution is 5.94. The van der Waals surface area contributed by atoms with Gasteiger partial charge in [0.05, 0.1) is 7.11 Å². The highest BCUT2D eigenvalue weighted by Crippen LogP contribution is 2.27. The molecule has 0 aliphatic carbocycles. The second kappa shape index (κ2) is 7.56. The molecule has 0 N–H and O–H groups in total. The van der Waals surface area contributed by atoms with Gasteiger partial charge in [-0.2, -0.15) is 0 Å². The minimum absolute atomic E-state index is 0.132. The molecule has 2 atom stereocenters. The molecule has 2 fully saturated rings. The number of rotatable bonds is 3. The molecule has 2 heterocycles. The Labute approximate surface area is 145 Å². The van der Waals surface area contributed by atoms with Crippen LogP contribution in [0.5, 0.6) is 5.75 Å². The van der Waals surface area contributed by atoms with E-state index in [0.29, 0.717) is 6.04 Å². The van der Waals surface area contributed by atoms with Gasteiger partial charge in [-0.05, 0) is 49.3 Å². The smallest absolute Gasteiger partial charge is 0.253 e. The fraction of sp³-hybridized carbons (Fsp3) is 0.650. The van der Waals surface area contributed by atoms with Crippen molar-refractivity contribution in [2.75, 3.05) is 33.3 Å². The molecule has 0 radical (unpaired) electrons. The standard InChI is InChI=1S/C20H30N2O2/c1-15-11-16(2)14-22(13-15)18-7-9-21(10-8-18)20(23)17-5-4-6-19(12-17)24-3/h4-6,12,15-16,18H,7-11,13-14H2,1-3H3/t15-,16-/m0/s1. The maximum absolute atomic E-state index is 12.7. The van der Waals surface area contributed by atoms with Crippen molar-refractivity contribution in [1.29, 1.82) is 0 Å². The number of nitrogens with zero attached hydrogens (tertiary/aromatic N) is 2. The van der Waals surface area contributed by atoms with E-state index in [2.05, 4.69) is 18.7 Å². The Morgan fingerprint density at radius 3 is 2.42 bits per heavy atom. The second-order valence-corrected chi connectivity index (χ2v) is 7.66. The number of piperidine rings is 2. The third kappa shape index (κ3) is 3.92. The topological polar surface area (TPSA) is 32.8 Å². The zero-order valence-corrected chi connectivity index (χ0v) is 15.2. The first kappa shape index (κ1) is 17.3. The summed E-state index contributed by atoms with van der Waals surface area (Å²) >= 11 is 0. The maximum Gasteiger partial charge on any atom is 0.253 e. The van der Waals surface area contributed by atoms with Gasteiger partial charge in [-0.3, -0.25) is 9.69 Å². The van der Waals surface area contributed by atoms with Crippen molar-refractivity contribution in [3.8, 4) is 5.75 Å². The molecule has 2 aliphatic rings. The Kier molecular flexibility index (Phi) is 5.44. The molecule has 1 amide bonds. The molecular weight excluding hydrogens is 300 g/mol. The molecule has 0 spiro atoms. The van der Waals surface area contributed by atoms with E-state index in [0.717, 1.165) is 49.1 Å². The van der Waals surface area contributed by atoms with Crippen LogP contribution in [0.25, 0.3) is 0 Å². The van der Waals surface area contributed by atoms with Gasteiger partial charge >= 0.3 is 0 Å². The average molecular weight is 330 g/mol. The number of hydrogen-bond acceptors (Lipinski definition) is 3. The summed E-state index contributed by atoms with van der Waals surface area (Å²) in [4.78, 5) is 17.4. The van der Waals surface area contributed by atoms with Crippen LogP contribution in [0.1, 0.15) is 43.5 Å². The van der Waals surface area contributed by atoms with Crippen LogP contribution in [0, 0.1) is 11.8 Å². The van der Waals surface area contributed by atoms with Gasteiger partial charge in [-0.25, -0.2) is 0 Å². The lowest BCUT2D eigenvalue weighted by atomic mass is 9.89. The van der Waals surface area contributed by atoms with Crippen molar-refractivity contribution in [3.05, 3.63) is 29.8 Å². The molecule has 1 aromatic carbocycles. The van der Waals surface area contributed by atoms with Gasteiger partial charge in [0.25, 0.3) is 5.91 Å². The normalized spacial score (nSPS) is 26.4. The van der Waals surface area contributed by atoms with E-state index >= 15 is 0 Å². The maximum atomic E-state index is 12.7. The lowest BCUT2D eigenvalue weighted by Crippen LogP contribution is -2.50. The van der Waals surface area contributed by atoms with Gasteiger partial charge in [-0.15, -0.1) is 0 Å². The molecule has 0 saturated carbocycles. The number of hydrogen-bond donors (Lipinski definition) is 0. The fourth-order valence-corrected chi connectivity index (χ4v) is 4.38. The lowest BCUT2D eigenvalue weighted by Gasteiger charge is -2.43. The number of likely N-dealkylation sites (tertiary alicyclic amines) is 2. The summed E-state index contributed by atoms with van der Waals surface area (Å²) in [6.45, 7) is 8.89. The van der Waals surface area contributed by atoms with Crippen LogP contribution in [0.15, 0.2) is 24.3 Å². The monoisotopic (exact) mass is 330 g/mol. The van der Waals surface area contributed by atoms with Crippen molar-refractivity contribution < 1.29 is 9.53 Å². The van der Waals surface area contributed by atoms with Gasteiger partial charge in [0.1, 0.15) is 5.75 Å². The van der Waals surface area contributed by atoms with E-state index in [1.54, 1.807) is 7.11 Å². The molecule has 2 saturated heterocycles. The predicted octanol–water partition coefficient (Wildman–Crippen LogP) is 3.28. The van der Waals surface area contributed by atoms with Crippen molar-refractivity contribution >= 4 is 5.91 Å². The molecule has 4 heteroatoms. The van der Waals surface area contributed by atoms with Crippen LogP contribution < -0.4 is 4.74 Å². The molecule has 2 aliphatic heterocycles. The summed E-state index contributed by atoms with van der Waals surface area (Å²) in [6.07, 6.45) is 3.54. The molecule has 0 aromatic heterocycles. The first-order valence-electron chi connectivity index (χ1n) is 9.24. The van der Waals surface area contributed by atoms with Crippen LogP contribution in [0.4, 0.5) is 0 Å². The zero-order chi connectivity index (χ0) is 17.1. The van der Waals surface area contributed by atoms with E-state index in [9.17, 15) is 4.79 Å². The third-order valence-electron chi connectivity index (χ3n) is 5.48. The van der Waals surface area contributed by atoms with E-state index < -0.39 is 0 Å². The molecular formula is C20H30N2O2. The van der Waals surface area contributed by atoms with Crippen LogP contribution in [-0.2, 0) is 0 Å². The minimum atomic E-state index is 0.132. The van der Waals surface area contributed by atoms with Gasteiger partial charge in [0.2, 0.25) is 0 Å². The summed E-state index contributed by atoms with van der Waals surface area (Å²) in [7, 11) is 1.63. The Balaban J connectivity index is 1.57. The Hall–Kier alpha value is -1.55. The number of benzene rings is 1. The van der Waals surface area contributed by atoms with Gasteiger partial charge in [0.15, 0.2) is 0 Å². The fourth-order valence-electron chi connectivity index (χ4n) is 4.38. The van der Waals surface area contributed by atoms with E-state index in [-0.39, 0.29) is 5.91 Å². The molecule has 0 bridgehead atoms. The van der Waals surface area contributed by atoms with E-state index in [4.69, 9.17) is 4.74 Å². The van der Waals surface area contributed by atoms with Crippen molar-refractivity contribution in [3.63, 3.8) is 0 Å². The average Bonchev–Trinajstić information content (AvgIpc) is 2.60. The van der Waals surface area contributed by atoms with Crippen LogP contribution in [-0.4, -0.2) is 55.0 Å². The van der Waals surface area contributed by atoms with Gasteiger partial charge < -0.3 is 9.64 Å². The van der Waals surface area contributed by atoms with Crippen molar-refractivity contribution in [2.24, 2.45) is 11.8 Å². The molecule has 4 nitrogen and oxygen atoms in total. The minimum Gasteiger partial charge on any atom is -0.497 e. The van der Waals surface area contributed by atoms with Crippen LogP contribution in [0.3, 0.4) is 0 Å². The highest BCUT2D eigenvalue weighted by Gasteiger charge is 2.31. The third-order valence-corrected chi connectivity index (χ3v) is 5.48. The lowest BCUT2D eigenvalue weighted by molar-refractivity contribution is 0.0450. The van der Waals surface area contributed by atoms with Gasteiger partial charge in [0, 0.05) is 37.8 Å². The molecule has 0 unspecified atom stereocenters. The zero-order valence-electron chi connectivity index (χ0n) is 15.2. The predicted molar refractivity (Wildman–Crippen MR) is 96.4 cm³/mol. The number of methoxy groups -OCH3 is 1. The Morgan fingerprint density at radius 2 is 1.79 bits per heavy atom. The number of ether oxygens (including phenoxy) is 1. The summed E-state index contributed by atoms with van der Waals surface area (Å²) in [5, 5.41) is 0. The number of carbonyl (C=O) groups is 1. The first-order chi connectivity index (χ1) is 11.6. The number of carbonyl (C=O) groups excluding carboxylic acids is 1. The van der Waals surface area contributed by atoms with Gasteiger partial charge in [-0.1, -0.05) is 19.9 Å². The van der Waals surface area contributed by atoms with Crippen LogP contribution in [0.2, 0.25) is 0 Å². The van der Waals surface area contributed by atoms with Crippen molar-refractivity contribution in [1.82, 2.24) is 9.80 Å². The summed E-state index contributed by atoms with van der Waals surface area (Å²) < 4.78 is 5.23. The molecule has 132 valence electrons. The first-order valence-corrected chi connectivity index (χ1v) is 9.24. The van der Waals surface area contributed by atoms with E-state index in [1.165, 1.54) is 19.5 Å². The Morgan fingerprint density at radius 1 is 1.12 bits per heavy atom. The molecule has 3 rings (SSSR count). The van der Waals surface area contributed by atoms with Crippen LogP contribution >= 0.6 is 0 Å². The van der Waals surface area contributed by atoms with Crippen molar-refractivity contribution in [2.45, 2.75) is 39.2 Å².